The maximum Gasteiger partial charge on any atom is 0.123 e. The maximum absolute atomic E-state index is 13.6. The number of rotatable bonds is 3. The summed E-state index contributed by atoms with van der Waals surface area (Å²) in [6.45, 7) is 0.954. The molecule has 3 heterocycles. The van der Waals surface area contributed by atoms with E-state index in [1.165, 1.54) is 17.3 Å². The zero-order valence-electron chi connectivity index (χ0n) is 12.3. The number of benzene rings is 1. The van der Waals surface area contributed by atoms with Crippen molar-refractivity contribution in [2.75, 3.05) is 6.54 Å². The number of nitrogens with one attached hydrogen (secondary N) is 2. The molecule has 0 radical (unpaired) electrons. The number of H-pyrrole nitrogens is 1. The number of halogens is 1. The van der Waals surface area contributed by atoms with Crippen molar-refractivity contribution in [2.24, 2.45) is 0 Å². The van der Waals surface area contributed by atoms with Crippen LogP contribution < -0.4 is 5.32 Å². The summed E-state index contributed by atoms with van der Waals surface area (Å²) in [6.07, 6.45) is 4.68. The largest absolute Gasteiger partial charge is 0.358 e. The second kappa shape index (κ2) is 5.54. The van der Waals surface area contributed by atoms with Crippen molar-refractivity contribution >= 4 is 10.9 Å². The van der Waals surface area contributed by atoms with E-state index in [0.717, 1.165) is 42.4 Å². The van der Waals surface area contributed by atoms with Crippen molar-refractivity contribution in [1.29, 1.82) is 0 Å². The van der Waals surface area contributed by atoms with Gasteiger partial charge < -0.3 is 10.3 Å². The van der Waals surface area contributed by atoms with Gasteiger partial charge in [-0.2, -0.15) is 0 Å². The highest BCUT2D eigenvalue weighted by Gasteiger charge is 2.24. The Bertz CT molecular complexity index is 795. The molecule has 1 atom stereocenters. The molecule has 3 aromatic rings. The van der Waals surface area contributed by atoms with Gasteiger partial charge in [-0.25, -0.2) is 4.39 Å². The summed E-state index contributed by atoms with van der Waals surface area (Å²) in [5.74, 6) is -0.177. The Kier molecular flexibility index (Phi) is 3.39. The number of aryl methyl sites for hydroxylation is 1. The molecule has 0 saturated carbocycles. The highest BCUT2D eigenvalue weighted by Crippen LogP contribution is 2.33. The topological polar surface area (TPSA) is 40.7 Å². The fourth-order valence-electron chi connectivity index (χ4n) is 3.39. The maximum atomic E-state index is 13.6. The van der Waals surface area contributed by atoms with Gasteiger partial charge in [-0.1, -0.05) is 6.07 Å². The molecule has 112 valence electrons. The number of fused-ring (bicyclic) bond motifs is 3. The van der Waals surface area contributed by atoms with E-state index in [1.807, 2.05) is 24.4 Å². The van der Waals surface area contributed by atoms with Crippen molar-refractivity contribution in [1.82, 2.24) is 15.3 Å². The minimum Gasteiger partial charge on any atom is -0.358 e. The van der Waals surface area contributed by atoms with Crippen LogP contribution in [0, 0.1) is 5.82 Å². The summed E-state index contributed by atoms with van der Waals surface area (Å²) >= 11 is 0. The van der Waals surface area contributed by atoms with Gasteiger partial charge in [0.2, 0.25) is 0 Å². The second-order valence-corrected chi connectivity index (χ2v) is 5.82. The Morgan fingerprint density at radius 2 is 2.18 bits per heavy atom. The van der Waals surface area contributed by atoms with Crippen LogP contribution in [0.2, 0.25) is 0 Å². The molecule has 0 amide bonds. The number of hydrogen-bond acceptors (Lipinski definition) is 2. The molecule has 1 aliphatic heterocycles. The molecule has 22 heavy (non-hydrogen) atoms. The lowest BCUT2D eigenvalue weighted by molar-refractivity contribution is 0.474. The molecule has 4 rings (SSSR count). The molecule has 0 aliphatic carbocycles. The van der Waals surface area contributed by atoms with Crippen LogP contribution in [-0.4, -0.2) is 16.5 Å². The summed E-state index contributed by atoms with van der Waals surface area (Å²) in [6, 6.07) is 11.2. The standard InChI is InChI=1S/C18H18FN3/c19-12-4-6-15-14(11-12)18-16(21-10-8-17(18)22-15)7-5-13-3-1-2-9-20-13/h1-4,6,9,11,16,21-22H,5,7-8,10H2. The van der Waals surface area contributed by atoms with Crippen LogP contribution in [0.25, 0.3) is 10.9 Å². The van der Waals surface area contributed by atoms with Gasteiger partial charge in [0, 0.05) is 47.5 Å². The highest BCUT2D eigenvalue weighted by molar-refractivity contribution is 5.85. The Balaban J connectivity index is 1.66. The van der Waals surface area contributed by atoms with Gasteiger partial charge in [-0.15, -0.1) is 0 Å². The first-order valence-electron chi connectivity index (χ1n) is 7.74. The molecule has 0 spiro atoms. The Morgan fingerprint density at radius 3 is 3.05 bits per heavy atom. The molecule has 0 fully saturated rings. The van der Waals surface area contributed by atoms with Gasteiger partial charge >= 0.3 is 0 Å². The van der Waals surface area contributed by atoms with E-state index < -0.39 is 0 Å². The van der Waals surface area contributed by atoms with Gasteiger partial charge in [0.15, 0.2) is 0 Å². The number of nitrogens with zero attached hydrogens (tertiary/aromatic N) is 1. The Morgan fingerprint density at radius 1 is 1.23 bits per heavy atom. The van der Waals surface area contributed by atoms with Crippen LogP contribution in [0.5, 0.6) is 0 Å². The zero-order chi connectivity index (χ0) is 14.9. The highest BCUT2D eigenvalue weighted by atomic mass is 19.1. The molecule has 2 aromatic heterocycles. The molecular weight excluding hydrogens is 277 g/mol. The van der Waals surface area contributed by atoms with Crippen LogP contribution in [0.1, 0.15) is 29.4 Å². The van der Waals surface area contributed by atoms with Crippen molar-refractivity contribution < 1.29 is 4.39 Å². The predicted octanol–water partition coefficient (Wildman–Crippen LogP) is 3.52. The normalized spacial score (nSPS) is 17.6. The summed E-state index contributed by atoms with van der Waals surface area (Å²) in [7, 11) is 0. The molecule has 0 saturated heterocycles. The van der Waals surface area contributed by atoms with Crippen LogP contribution >= 0.6 is 0 Å². The van der Waals surface area contributed by atoms with Crippen LogP contribution in [0.15, 0.2) is 42.6 Å². The lowest BCUT2D eigenvalue weighted by Crippen LogP contribution is -2.29. The molecule has 2 N–H and O–H groups in total. The van der Waals surface area contributed by atoms with Gasteiger partial charge in [-0.05, 0) is 48.7 Å². The van der Waals surface area contributed by atoms with Crippen molar-refractivity contribution in [3.8, 4) is 0 Å². The second-order valence-electron chi connectivity index (χ2n) is 5.82. The minimum absolute atomic E-state index is 0.177. The summed E-state index contributed by atoms with van der Waals surface area (Å²) in [5, 5.41) is 4.58. The van der Waals surface area contributed by atoms with E-state index in [2.05, 4.69) is 21.4 Å². The quantitative estimate of drug-likeness (QED) is 0.776. The molecule has 1 aliphatic rings. The third kappa shape index (κ3) is 2.40. The van der Waals surface area contributed by atoms with Crippen LogP contribution in [0.4, 0.5) is 4.39 Å². The fourth-order valence-corrected chi connectivity index (χ4v) is 3.39. The lowest BCUT2D eigenvalue weighted by Gasteiger charge is -2.24. The first kappa shape index (κ1) is 13.5. The van der Waals surface area contributed by atoms with E-state index in [1.54, 1.807) is 6.07 Å². The number of hydrogen-bond donors (Lipinski definition) is 2. The van der Waals surface area contributed by atoms with E-state index >= 15 is 0 Å². The van der Waals surface area contributed by atoms with E-state index in [4.69, 9.17) is 0 Å². The Labute approximate surface area is 128 Å². The zero-order valence-corrected chi connectivity index (χ0v) is 12.3. The average Bonchev–Trinajstić information content (AvgIpc) is 2.92. The lowest BCUT2D eigenvalue weighted by atomic mass is 9.94. The molecule has 1 unspecified atom stereocenters. The van der Waals surface area contributed by atoms with Gasteiger partial charge in [0.1, 0.15) is 5.82 Å². The minimum atomic E-state index is -0.177. The monoisotopic (exact) mass is 295 g/mol. The summed E-state index contributed by atoms with van der Waals surface area (Å²) in [5.41, 5.74) is 4.60. The SMILES string of the molecule is Fc1ccc2[nH]c3c(c2c1)C(CCc1ccccn1)NCC3. The van der Waals surface area contributed by atoms with Gasteiger partial charge in [-0.3, -0.25) is 4.98 Å². The number of aromatic amines is 1. The van der Waals surface area contributed by atoms with Crippen LogP contribution in [0.3, 0.4) is 0 Å². The number of aromatic nitrogens is 2. The van der Waals surface area contributed by atoms with Crippen molar-refractivity contribution in [3.05, 3.63) is 65.4 Å². The molecule has 4 heteroatoms. The first-order chi connectivity index (χ1) is 10.8. The van der Waals surface area contributed by atoms with Gasteiger partial charge in [0.25, 0.3) is 0 Å². The van der Waals surface area contributed by atoms with E-state index in [9.17, 15) is 4.39 Å². The fraction of sp³-hybridized carbons (Fsp3) is 0.278. The summed E-state index contributed by atoms with van der Waals surface area (Å²) < 4.78 is 13.6. The average molecular weight is 295 g/mol. The Hall–Kier alpha value is -2.20. The third-order valence-electron chi connectivity index (χ3n) is 4.41. The molecular formula is C18H18FN3. The van der Waals surface area contributed by atoms with E-state index in [0.29, 0.717) is 0 Å². The van der Waals surface area contributed by atoms with Crippen molar-refractivity contribution in [3.63, 3.8) is 0 Å². The smallest absolute Gasteiger partial charge is 0.123 e. The predicted molar refractivity (Wildman–Crippen MR) is 85.3 cm³/mol. The molecule has 1 aromatic carbocycles. The van der Waals surface area contributed by atoms with Crippen molar-refractivity contribution in [2.45, 2.75) is 25.3 Å². The van der Waals surface area contributed by atoms with E-state index in [-0.39, 0.29) is 11.9 Å². The number of pyridine rings is 1. The molecule has 3 nitrogen and oxygen atoms in total. The third-order valence-corrected chi connectivity index (χ3v) is 4.41. The van der Waals surface area contributed by atoms with Crippen LogP contribution in [-0.2, 0) is 12.8 Å². The molecule has 0 bridgehead atoms. The van der Waals surface area contributed by atoms with Gasteiger partial charge in [0.05, 0.1) is 0 Å². The first-order valence-corrected chi connectivity index (χ1v) is 7.74. The summed E-state index contributed by atoms with van der Waals surface area (Å²) in [4.78, 5) is 7.84.